The molecule has 1 heterocycles. The van der Waals surface area contributed by atoms with E-state index in [0.29, 0.717) is 36.6 Å². The van der Waals surface area contributed by atoms with Crippen molar-refractivity contribution in [2.75, 3.05) is 13.2 Å². The fraction of sp³-hybridized carbons (Fsp3) is 0.417. The van der Waals surface area contributed by atoms with Crippen molar-refractivity contribution >= 4 is 17.4 Å². The first-order chi connectivity index (χ1) is 7.75. The predicted molar refractivity (Wildman–Crippen MR) is 60.7 cm³/mol. The van der Waals surface area contributed by atoms with Crippen LogP contribution in [0.5, 0.6) is 0 Å². The van der Waals surface area contributed by atoms with Crippen molar-refractivity contribution in [1.29, 1.82) is 0 Å². The van der Waals surface area contributed by atoms with E-state index >= 15 is 0 Å². The summed E-state index contributed by atoms with van der Waals surface area (Å²) in [6.45, 7) is 1.24. The molecule has 0 amide bonds. The van der Waals surface area contributed by atoms with Gasteiger partial charge in [-0.2, -0.15) is 0 Å². The maximum absolute atomic E-state index is 11.8. The first-order valence-corrected chi connectivity index (χ1v) is 5.65. The van der Waals surface area contributed by atoms with Crippen molar-refractivity contribution in [2.45, 2.75) is 19.1 Å². The topological polar surface area (TPSA) is 35.5 Å². The van der Waals surface area contributed by atoms with Crippen LogP contribution in [0.25, 0.3) is 0 Å². The quantitative estimate of drug-likeness (QED) is 0.759. The van der Waals surface area contributed by atoms with Crippen molar-refractivity contribution < 1.29 is 14.3 Å². The van der Waals surface area contributed by atoms with Crippen LogP contribution in [0.2, 0.25) is 5.02 Å². The number of Topliss-reactive ketones (excluding diaryl/α,β-unsaturated/α-hetero) is 1. The van der Waals surface area contributed by atoms with Crippen molar-refractivity contribution in [3.8, 4) is 0 Å². The molecular weight excluding hydrogens is 228 g/mol. The largest absolute Gasteiger partial charge is 0.350 e. The summed E-state index contributed by atoms with van der Waals surface area (Å²) < 4.78 is 10.5. The molecule has 1 saturated heterocycles. The minimum absolute atomic E-state index is 0.0709. The van der Waals surface area contributed by atoms with Gasteiger partial charge in [0.1, 0.15) is 0 Å². The molecule has 3 nitrogen and oxygen atoms in total. The maximum Gasteiger partial charge on any atom is 0.163 e. The lowest BCUT2D eigenvalue weighted by Crippen LogP contribution is -2.10. The second-order valence-electron chi connectivity index (χ2n) is 3.64. The number of ether oxygens (including phenoxy) is 2. The predicted octanol–water partition coefficient (Wildman–Crippen LogP) is 2.68. The number of hydrogen-bond acceptors (Lipinski definition) is 3. The highest BCUT2D eigenvalue weighted by molar-refractivity contribution is 6.31. The van der Waals surface area contributed by atoms with E-state index in [1.807, 2.05) is 0 Å². The molecule has 1 aromatic carbocycles. The SMILES string of the molecule is O=C(CCC1OCCO1)c1cccc(Cl)c1. The minimum atomic E-state index is -0.219. The highest BCUT2D eigenvalue weighted by atomic mass is 35.5. The zero-order chi connectivity index (χ0) is 11.4. The van der Waals surface area contributed by atoms with Gasteiger partial charge in [-0.3, -0.25) is 4.79 Å². The van der Waals surface area contributed by atoms with Crippen molar-refractivity contribution in [2.24, 2.45) is 0 Å². The Hall–Kier alpha value is -0.900. The fourth-order valence-corrected chi connectivity index (χ4v) is 1.82. The number of halogens is 1. The summed E-state index contributed by atoms with van der Waals surface area (Å²) in [5.74, 6) is 0.0709. The Morgan fingerprint density at radius 1 is 1.38 bits per heavy atom. The lowest BCUT2D eigenvalue weighted by atomic mass is 10.1. The summed E-state index contributed by atoms with van der Waals surface area (Å²) in [6.07, 6.45) is 0.805. The van der Waals surface area contributed by atoms with Crippen molar-refractivity contribution in [3.05, 3.63) is 34.9 Å². The molecule has 0 spiro atoms. The summed E-state index contributed by atoms with van der Waals surface area (Å²) in [4.78, 5) is 11.8. The van der Waals surface area contributed by atoms with Gasteiger partial charge < -0.3 is 9.47 Å². The Labute approximate surface area is 99.3 Å². The van der Waals surface area contributed by atoms with Gasteiger partial charge in [-0.25, -0.2) is 0 Å². The molecule has 4 heteroatoms. The molecule has 1 aliphatic rings. The molecule has 16 heavy (non-hydrogen) atoms. The van der Waals surface area contributed by atoms with Crippen molar-refractivity contribution in [3.63, 3.8) is 0 Å². The normalized spacial score (nSPS) is 16.6. The smallest absolute Gasteiger partial charge is 0.163 e. The van der Waals surface area contributed by atoms with Crippen LogP contribution < -0.4 is 0 Å². The van der Waals surface area contributed by atoms with Gasteiger partial charge in [-0.05, 0) is 12.1 Å². The summed E-state index contributed by atoms with van der Waals surface area (Å²) in [6, 6.07) is 6.98. The second kappa shape index (κ2) is 5.43. The van der Waals surface area contributed by atoms with Gasteiger partial charge in [0.25, 0.3) is 0 Å². The van der Waals surface area contributed by atoms with E-state index < -0.39 is 0 Å². The number of benzene rings is 1. The molecule has 1 fully saturated rings. The van der Waals surface area contributed by atoms with E-state index in [1.54, 1.807) is 24.3 Å². The van der Waals surface area contributed by atoms with Crippen LogP contribution in [0.4, 0.5) is 0 Å². The van der Waals surface area contributed by atoms with Gasteiger partial charge in [-0.15, -0.1) is 0 Å². The number of carbonyl (C=O) groups is 1. The van der Waals surface area contributed by atoms with Crippen LogP contribution in [-0.4, -0.2) is 25.3 Å². The van der Waals surface area contributed by atoms with Crippen LogP contribution in [-0.2, 0) is 9.47 Å². The highest BCUT2D eigenvalue weighted by Gasteiger charge is 2.17. The first kappa shape index (κ1) is 11.6. The van der Waals surface area contributed by atoms with E-state index in [2.05, 4.69) is 0 Å². The Balaban J connectivity index is 1.87. The standard InChI is InChI=1S/C12H13ClO3/c13-10-3-1-2-9(8-10)11(14)4-5-12-15-6-7-16-12/h1-3,8,12H,4-7H2. The van der Waals surface area contributed by atoms with E-state index in [9.17, 15) is 4.79 Å². The third-order valence-corrected chi connectivity index (χ3v) is 2.68. The van der Waals surface area contributed by atoms with Crippen LogP contribution in [0.1, 0.15) is 23.2 Å². The molecule has 2 rings (SSSR count). The summed E-state index contributed by atoms with van der Waals surface area (Å²) >= 11 is 5.81. The third kappa shape index (κ3) is 3.04. The molecule has 0 radical (unpaired) electrons. The van der Waals surface area contributed by atoms with E-state index in [1.165, 1.54) is 0 Å². The number of rotatable bonds is 4. The van der Waals surface area contributed by atoms with E-state index in [-0.39, 0.29) is 12.1 Å². The summed E-state index contributed by atoms with van der Waals surface area (Å²) in [5.41, 5.74) is 0.644. The average Bonchev–Trinajstić information content (AvgIpc) is 2.78. The fourth-order valence-electron chi connectivity index (χ4n) is 1.63. The van der Waals surface area contributed by atoms with Gasteiger partial charge in [0.15, 0.2) is 12.1 Å². The van der Waals surface area contributed by atoms with Gasteiger partial charge in [0.05, 0.1) is 13.2 Å². The molecule has 0 atom stereocenters. The second-order valence-corrected chi connectivity index (χ2v) is 4.08. The monoisotopic (exact) mass is 240 g/mol. The third-order valence-electron chi connectivity index (χ3n) is 2.44. The maximum atomic E-state index is 11.8. The van der Waals surface area contributed by atoms with E-state index in [4.69, 9.17) is 21.1 Å². The molecule has 0 bridgehead atoms. The lowest BCUT2D eigenvalue weighted by Gasteiger charge is -2.07. The molecule has 0 saturated carbocycles. The summed E-state index contributed by atoms with van der Waals surface area (Å²) in [5, 5.41) is 0.583. The average molecular weight is 241 g/mol. The van der Waals surface area contributed by atoms with Crippen LogP contribution in [0.15, 0.2) is 24.3 Å². The molecule has 0 aromatic heterocycles. The molecule has 0 unspecified atom stereocenters. The zero-order valence-electron chi connectivity index (χ0n) is 8.82. The Kier molecular flexibility index (Phi) is 3.93. The number of carbonyl (C=O) groups excluding carboxylic acids is 1. The van der Waals surface area contributed by atoms with Gasteiger partial charge in [0.2, 0.25) is 0 Å². The number of hydrogen-bond donors (Lipinski definition) is 0. The number of ketones is 1. The Bertz CT molecular complexity index is 372. The Morgan fingerprint density at radius 2 is 2.12 bits per heavy atom. The van der Waals surface area contributed by atoms with Gasteiger partial charge >= 0.3 is 0 Å². The molecular formula is C12H13ClO3. The molecule has 0 N–H and O–H groups in total. The first-order valence-electron chi connectivity index (χ1n) is 5.28. The van der Waals surface area contributed by atoms with Crippen LogP contribution in [0.3, 0.4) is 0 Å². The molecule has 1 aromatic rings. The highest BCUT2D eigenvalue weighted by Crippen LogP contribution is 2.16. The lowest BCUT2D eigenvalue weighted by molar-refractivity contribution is -0.0464. The zero-order valence-corrected chi connectivity index (χ0v) is 9.57. The van der Waals surface area contributed by atoms with Gasteiger partial charge in [0, 0.05) is 23.4 Å². The summed E-state index contributed by atoms with van der Waals surface area (Å²) in [7, 11) is 0. The molecule has 86 valence electrons. The van der Waals surface area contributed by atoms with Crippen LogP contribution in [0, 0.1) is 0 Å². The van der Waals surface area contributed by atoms with E-state index in [0.717, 1.165) is 0 Å². The Morgan fingerprint density at radius 3 is 2.81 bits per heavy atom. The minimum Gasteiger partial charge on any atom is -0.350 e. The molecule has 1 aliphatic heterocycles. The molecule has 0 aliphatic carbocycles. The van der Waals surface area contributed by atoms with Crippen LogP contribution >= 0.6 is 11.6 Å². The van der Waals surface area contributed by atoms with Crippen molar-refractivity contribution in [1.82, 2.24) is 0 Å². The van der Waals surface area contributed by atoms with Gasteiger partial charge in [-0.1, -0.05) is 23.7 Å².